The number of carbonyl (C=O) groups is 1. The summed E-state index contributed by atoms with van der Waals surface area (Å²) < 4.78 is 47.7. The van der Waals surface area contributed by atoms with Crippen LogP contribution in [-0.4, -0.2) is 19.2 Å². The van der Waals surface area contributed by atoms with Crippen molar-refractivity contribution in [2.24, 2.45) is 0 Å². The van der Waals surface area contributed by atoms with Crippen LogP contribution in [0.3, 0.4) is 0 Å². The van der Waals surface area contributed by atoms with E-state index in [0.29, 0.717) is 0 Å². The lowest BCUT2D eigenvalue weighted by atomic mass is 10.1. The molecule has 0 saturated heterocycles. The molecule has 0 N–H and O–H groups in total. The van der Waals surface area contributed by atoms with Crippen molar-refractivity contribution in [1.82, 2.24) is 0 Å². The van der Waals surface area contributed by atoms with Crippen molar-refractivity contribution in [2.75, 3.05) is 13.2 Å². The van der Waals surface area contributed by atoms with E-state index in [4.69, 9.17) is 9.47 Å². The zero-order chi connectivity index (χ0) is 15.2. The van der Waals surface area contributed by atoms with Gasteiger partial charge in [0.15, 0.2) is 0 Å². The molecule has 6 heteroatoms. The van der Waals surface area contributed by atoms with Gasteiger partial charge in [-0.05, 0) is 18.2 Å². The summed E-state index contributed by atoms with van der Waals surface area (Å²) in [5.41, 5.74) is -0.987. The first-order chi connectivity index (χ1) is 9.40. The van der Waals surface area contributed by atoms with Gasteiger partial charge in [-0.25, -0.2) is 4.79 Å². The van der Waals surface area contributed by atoms with Crippen LogP contribution in [0.5, 0.6) is 5.75 Å². The zero-order valence-corrected chi connectivity index (χ0v) is 10.6. The molecule has 0 aromatic heterocycles. The Hall–Kier alpha value is -2.24. The third kappa shape index (κ3) is 4.15. The number of hydrogen-bond acceptors (Lipinski definition) is 3. The maximum Gasteiger partial charge on any atom is 0.416 e. The Morgan fingerprint density at radius 1 is 1.20 bits per heavy atom. The van der Waals surface area contributed by atoms with E-state index in [1.54, 1.807) is 0 Å². The zero-order valence-electron chi connectivity index (χ0n) is 10.6. The van der Waals surface area contributed by atoms with Gasteiger partial charge in [0.05, 0.1) is 5.56 Å². The number of ether oxygens (including phenoxy) is 2. The first kappa shape index (κ1) is 15.8. The highest BCUT2D eigenvalue weighted by molar-refractivity contribution is 5.92. The van der Waals surface area contributed by atoms with Gasteiger partial charge in [0.1, 0.15) is 24.5 Å². The van der Waals surface area contributed by atoms with Crippen molar-refractivity contribution in [3.8, 4) is 5.75 Å². The molecule has 0 heterocycles. The highest BCUT2D eigenvalue weighted by Gasteiger charge is 2.32. The topological polar surface area (TPSA) is 35.5 Å². The molecule has 0 atom stereocenters. The van der Waals surface area contributed by atoms with Crippen LogP contribution in [0.2, 0.25) is 0 Å². The van der Waals surface area contributed by atoms with Gasteiger partial charge in [0.25, 0.3) is 0 Å². The number of carbonyl (C=O) groups excluding carboxylic acids is 1. The number of benzene rings is 1. The molecule has 0 unspecified atom stereocenters. The van der Waals surface area contributed by atoms with Crippen molar-refractivity contribution in [3.05, 3.63) is 54.6 Å². The van der Waals surface area contributed by atoms with Gasteiger partial charge in [-0.15, -0.1) is 0 Å². The van der Waals surface area contributed by atoms with Gasteiger partial charge in [-0.2, -0.15) is 13.2 Å². The molecule has 20 heavy (non-hydrogen) atoms. The van der Waals surface area contributed by atoms with Crippen molar-refractivity contribution in [2.45, 2.75) is 6.18 Å². The second kappa shape index (κ2) is 6.79. The average Bonchev–Trinajstić information content (AvgIpc) is 2.41. The maximum absolute atomic E-state index is 12.6. The molecule has 0 spiro atoms. The summed E-state index contributed by atoms with van der Waals surface area (Å²) in [6.45, 7) is 6.70. The van der Waals surface area contributed by atoms with Gasteiger partial charge in [-0.3, -0.25) is 0 Å². The van der Waals surface area contributed by atoms with Crippen molar-refractivity contribution < 1.29 is 27.4 Å². The van der Waals surface area contributed by atoms with Crippen LogP contribution in [0.1, 0.15) is 15.9 Å². The average molecular weight is 286 g/mol. The van der Waals surface area contributed by atoms with Crippen LogP contribution < -0.4 is 4.74 Å². The molecule has 3 nitrogen and oxygen atoms in total. The Kier molecular flexibility index (Phi) is 5.37. The summed E-state index contributed by atoms with van der Waals surface area (Å²) in [6.07, 6.45) is -1.80. The predicted molar refractivity (Wildman–Crippen MR) is 67.6 cm³/mol. The minimum Gasteiger partial charge on any atom is -0.489 e. The van der Waals surface area contributed by atoms with E-state index >= 15 is 0 Å². The van der Waals surface area contributed by atoms with E-state index in [1.807, 2.05) is 0 Å². The van der Waals surface area contributed by atoms with Crippen LogP contribution in [0.25, 0.3) is 0 Å². The molecule has 0 fully saturated rings. The lowest BCUT2D eigenvalue weighted by molar-refractivity contribution is -0.137. The van der Waals surface area contributed by atoms with E-state index in [1.165, 1.54) is 12.2 Å². The molecule has 0 aliphatic carbocycles. The Bertz CT molecular complexity index is 507. The lowest BCUT2D eigenvalue weighted by Gasteiger charge is -2.13. The summed E-state index contributed by atoms with van der Waals surface area (Å²) in [5.74, 6) is -0.980. The first-order valence-corrected chi connectivity index (χ1v) is 5.63. The Morgan fingerprint density at radius 3 is 2.40 bits per heavy atom. The predicted octanol–water partition coefficient (Wildman–Crippen LogP) is 3.61. The van der Waals surface area contributed by atoms with Crippen molar-refractivity contribution in [3.63, 3.8) is 0 Å². The third-order valence-electron chi connectivity index (χ3n) is 2.22. The van der Waals surface area contributed by atoms with Gasteiger partial charge >= 0.3 is 12.1 Å². The van der Waals surface area contributed by atoms with Gasteiger partial charge in [0, 0.05) is 0 Å². The monoisotopic (exact) mass is 286 g/mol. The quantitative estimate of drug-likeness (QED) is 0.592. The molecule has 1 rings (SSSR count). The molecular formula is C14H13F3O3. The molecule has 0 aliphatic heterocycles. The highest BCUT2D eigenvalue weighted by atomic mass is 19.4. The molecule has 1 aromatic rings. The van der Waals surface area contributed by atoms with Gasteiger partial charge in [0.2, 0.25) is 0 Å². The third-order valence-corrected chi connectivity index (χ3v) is 2.22. The maximum atomic E-state index is 12.6. The molecule has 0 saturated carbocycles. The van der Waals surface area contributed by atoms with Gasteiger partial charge in [-0.1, -0.05) is 25.3 Å². The fourth-order valence-electron chi connectivity index (χ4n) is 1.35. The van der Waals surface area contributed by atoms with Crippen LogP contribution in [-0.2, 0) is 10.9 Å². The minimum absolute atomic E-state index is 0.0248. The van der Waals surface area contributed by atoms with Gasteiger partial charge < -0.3 is 9.47 Å². The smallest absolute Gasteiger partial charge is 0.416 e. The van der Waals surface area contributed by atoms with Crippen LogP contribution in [0.15, 0.2) is 43.5 Å². The van der Waals surface area contributed by atoms with Crippen molar-refractivity contribution >= 4 is 5.97 Å². The number of halogens is 3. The number of alkyl halides is 3. The molecule has 0 aliphatic rings. The van der Waals surface area contributed by atoms with E-state index in [0.717, 1.165) is 18.2 Å². The standard InChI is InChI=1S/C14H13F3O3/c1-3-7-19-12-9-10(14(15,16)17)5-6-11(12)13(18)20-8-4-2/h3-6,9H,1-2,7-8H2. The van der Waals surface area contributed by atoms with Crippen LogP contribution >= 0.6 is 0 Å². The Labute approximate surface area is 114 Å². The van der Waals surface area contributed by atoms with Crippen molar-refractivity contribution in [1.29, 1.82) is 0 Å². The second-order valence-corrected chi connectivity index (χ2v) is 3.70. The Morgan fingerprint density at radius 2 is 1.85 bits per heavy atom. The van der Waals surface area contributed by atoms with E-state index in [2.05, 4.69) is 13.2 Å². The number of rotatable bonds is 6. The summed E-state index contributed by atoms with van der Waals surface area (Å²) in [7, 11) is 0. The fraction of sp³-hybridized carbons (Fsp3) is 0.214. The summed E-state index contributed by atoms with van der Waals surface area (Å²) >= 11 is 0. The van der Waals surface area contributed by atoms with E-state index < -0.39 is 17.7 Å². The largest absolute Gasteiger partial charge is 0.489 e. The Balaban J connectivity index is 3.12. The fourth-order valence-corrected chi connectivity index (χ4v) is 1.35. The SMILES string of the molecule is C=CCOC(=O)c1ccc(C(F)(F)F)cc1OCC=C. The van der Waals surface area contributed by atoms with Crippen LogP contribution in [0, 0.1) is 0 Å². The van der Waals surface area contributed by atoms with E-state index in [-0.39, 0.29) is 24.5 Å². The molecule has 1 aromatic carbocycles. The molecular weight excluding hydrogens is 273 g/mol. The summed E-state index contributed by atoms with van der Waals surface area (Å²) in [6, 6.07) is 2.58. The van der Waals surface area contributed by atoms with Crippen LogP contribution in [0.4, 0.5) is 13.2 Å². The normalized spacial score (nSPS) is 10.8. The first-order valence-electron chi connectivity index (χ1n) is 5.63. The summed E-state index contributed by atoms with van der Waals surface area (Å²) in [5, 5.41) is 0. The number of hydrogen-bond donors (Lipinski definition) is 0. The lowest BCUT2D eigenvalue weighted by Crippen LogP contribution is -2.11. The minimum atomic E-state index is -4.52. The summed E-state index contributed by atoms with van der Waals surface area (Å²) in [4.78, 5) is 11.7. The highest BCUT2D eigenvalue weighted by Crippen LogP contribution is 2.33. The molecule has 0 amide bonds. The number of esters is 1. The van der Waals surface area contributed by atoms with E-state index in [9.17, 15) is 18.0 Å². The molecule has 0 bridgehead atoms. The second-order valence-electron chi connectivity index (χ2n) is 3.70. The molecule has 0 radical (unpaired) electrons. The molecule has 108 valence electrons.